The van der Waals surface area contributed by atoms with E-state index in [1.54, 1.807) is 24.3 Å². The van der Waals surface area contributed by atoms with Crippen molar-refractivity contribution in [1.82, 2.24) is 4.72 Å². The van der Waals surface area contributed by atoms with Crippen LogP contribution in [0.5, 0.6) is 0 Å². The first kappa shape index (κ1) is 16.5. The van der Waals surface area contributed by atoms with Crippen LogP contribution in [0.1, 0.15) is 24.8 Å². The lowest BCUT2D eigenvalue weighted by Crippen LogP contribution is -2.26. The topological polar surface area (TPSA) is 72.2 Å². The van der Waals surface area contributed by atoms with Crippen LogP contribution in [0.3, 0.4) is 0 Å². The van der Waals surface area contributed by atoms with Gasteiger partial charge in [0.2, 0.25) is 10.0 Å². The van der Waals surface area contributed by atoms with Crippen LogP contribution in [-0.4, -0.2) is 27.0 Å². The summed E-state index contributed by atoms with van der Waals surface area (Å²) in [7, 11) is -3.43. The molecule has 0 saturated heterocycles. The third-order valence-corrected chi connectivity index (χ3v) is 5.06. The Labute approximate surface area is 120 Å². The number of thioether (sulfide) groups is 1. The molecular formula is C13H22N2O2S2. The zero-order valence-corrected chi connectivity index (χ0v) is 12.9. The molecule has 3 N–H and O–H groups in total. The van der Waals surface area contributed by atoms with Gasteiger partial charge in [-0.3, -0.25) is 0 Å². The first-order chi connectivity index (χ1) is 9.11. The van der Waals surface area contributed by atoms with Crippen molar-refractivity contribution in [3.05, 3.63) is 29.8 Å². The van der Waals surface area contributed by atoms with Crippen molar-refractivity contribution < 1.29 is 8.42 Å². The Balaban J connectivity index is 2.52. The zero-order valence-electron chi connectivity index (χ0n) is 11.3. The van der Waals surface area contributed by atoms with Gasteiger partial charge in [-0.1, -0.05) is 24.6 Å². The quantitative estimate of drug-likeness (QED) is 0.684. The second-order valence-corrected chi connectivity index (χ2v) is 6.98. The summed E-state index contributed by atoms with van der Waals surface area (Å²) in [6, 6.07) is 6.85. The van der Waals surface area contributed by atoms with Crippen LogP contribution < -0.4 is 10.5 Å². The predicted octanol–water partition coefficient (Wildman–Crippen LogP) is 1.96. The number of nitrogens with one attached hydrogen (secondary N) is 1. The highest BCUT2D eigenvalue weighted by molar-refractivity contribution is 7.98. The van der Waals surface area contributed by atoms with E-state index in [0.29, 0.717) is 17.0 Å². The Morgan fingerprint density at radius 1 is 1.21 bits per heavy atom. The molecule has 0 aliphatic rings. The van der Waals surface area contributed by atoms with Crippen molar-refractivity contribution in [2.75, 3.05) is 18.6 Å². The van der Waals surface area contributed by atoms with Crippen LogP contribution in [-0.2, 0) is 16.6 Å². The lowest BCUT2D eigenvalue weighted by molar-refractivity contribution is 0.575. The zero-order chi connectivity index (χ0) is 14.1. The van der Waals surface area contributed by atoms with Gasteiger partial charge in [-0.05, 0) is 36.5 Å². The van der Waals surface area contributed by atoms with Crippen LogP contribution in [0.2, 0.25) is 0 Å². The molecule has 0 bridgehead atoms. The van der Waals surface area contributed by atoms with E-state index >= 15 is 0 Å². The maximum atomic E-state index is 12.1. The van der Waals surface area contributed by atoms with Crippen LogP contribution in [0, 0.1) is 0 Å². The van der Waals surface area contributed by atoms with Gasteiger partial charge in [-0.2, -0.15) is 11.8 Å². The van der Waals surface area contributed by atoms with Gasteiger partial charge in [-0.15, -0.1) is 0 Å². The standard InChI is InChI=1S/C13H22N2O2S2/c1-18-10-6-2-5-9-15-19(16,17)13-8-4-3-7-12(13)11-14/h3-4,7-8,15H,2,5-6,9-11,14H2,1H3. The van der Waals surface area contributed by atoms with Gasteiger partial charge in [-0.25, -0.2) is 13.1 Å². The minimum Gasteiger partial charge on any atom is -0.326 e. The van der Waals surface area contributed by atoms with Gasteiger partial charge in [0, 0.05) is 13.1 Å². The molecule has 1 aromatic rings. The van der Waals surface area contributed by atoms with Gasteiger partial charge in [0.15, 0.2) is 0 Å². The number of benzene rings is 1. The van der Waals surface area contributed by atoms with Crippen LogP contribution in [0.15, 0.2) is 29.2 Å². The minimum atomic E-state index is -3.43. The summed E-state index contributed by atoms with van der Waals surface area (Å²) in [5.74, 6) is 1.13. The summed E-state index contributed by atoms with van der Waals surface area (Å²) < 4.78 is 26.9. The fraction of sp³-hybridized carbons (Fsp3) is 0.538. The Hall–Kier alpha value is -0.560. The molecule has 6 heteroatoms. The number of unbranched alkanes of at least 4 members (excludes halogenated alkanes) is 2. The third-order valence-electron chi connectivity index (χ3n) is 2.80. The molecule has 0 aliphatic carbocycles. The van der Waals surface area contributed by atoms with Gasteiger partial charge < -0.3 is 5.73 Å². The van der Waals surface area contributed by atoms with E-state index in [0.717, 1.165) is 25.0 Å². The minimum absolute atomic E-state index is 0.227. The van der Waals surface area contributed by atoms with Crippen molar-refractivity contribution in [3.63, 3.8) is 0 Å². The molecule has 19 heavy (non-hydrogen) atoms. The second-order valence-electron chi connectivity index (χ2n) is 4.26. The van der Waals surface area contributed by atoms with Crippen molar-refractivity contribution in [3.8, 4) is 0 Å². The monoisotopic (exact) mass is 302 g/mol. The summed E-state index contributed by atoms with van der Waals surface area (Å²) in [5.41, 5.74) is 6.21. The molecule has 4 nitrogen and oxygen atoms in total. The van der Waals surface area contributed by atoms with Gasteiger partial charge in [0.05, 0.1) is 4.90 Å². The summed E-state index contributed by atoms with van der Waals surface area (Å²) >= 11 is 1.81. The molecule has 0 spiro atoms. The SMILES string of the molecule is CSCCCCCNS(=O)(=O)c1ccccc1CN. The summed E-state index contributed by atoms with van der Waals surface area (Å²) in [4.78, 5) is 0.293. The second kappa shape index (κ2) is 8.58. The Morgan fingerprint density at radius 3 is 2.63 bits per heavy atom. The van der Waals surface area contributed by atoms with Crippen molar-refractivity contribution in [1.29, 1.82) is 0 Å². The number of hydrogen-bond acceptors (Lipinski definition) is 4. The first-order valence-electron chi connectivity index (χ1n) is 6.38. The lowest BCUT2D eigenvalue weighted by atomic mass is 10.2. The van der Waals surface area contributed by atoms with Crippen molar-refractivity contribution >= 4 is 21.8 Å². The molecule has 0 aliphatic heterocycles. The lowest BCUT2D eigenvalue weighted by Gasteiger charge is -2.10. The van der Waals surface area contributed by atoms with Gasteiger partial charge in [0.1, 0.15) is 0 Å². The van der Waals surface area contributed by atoms with Crippen molar-refractivity contribution in [2.24, 2.45) is 5.73 Å². The molecule has 0 aromatic heterocycles. The molecule has 0 radical (unpaired) electrons. The fourth-order valence-electron chi connectivity index (χ4n) is 1.77. The number of nitrogens with two attached hydrogens (primary N) is 1. The summed E-state index contributed by atoms with van der Waals surface area (Å²) in [5, 5.41) is 0. The van der Waals surface area contributed by atoms with Crippen molar-refractivity contribution in [2.45, 2.75) is 30.7 Å². The van der Waals surface area contributed by atoms with E-state index in [2.05, 4.69) is 11.0 Å². The average Bonchev–Trinajstić information content (AvgIpc) is 2.42. The smallest absolute Gasteiger partial charge is 0.240 e. The van der Waals surface area contributed by atoms with Crippen LogP contribution >= 0.6 is 11.8 Å². The molecular weight excluding hydrogens is 280 g/mol. The normalized spacial score (nSPS) is 11.7. The van der Waals surface area contributed by atoms with E-state index in [4.69, 9.17) is 5.73 Å². The van der Waals surface area contributed by atoms with E-state index in [9.17, 15) is 8.42 Å². The highest BCUT2D eigenvalue weighted by atomic mass is 32.2. The Bertz CT molecular complexity index is 475. The van der Waals surface area contributed by atoms with Crippen LogP contribution in [0.4, 0.5) is 0 Å². The van der Waals surface area contributed by atoms with E-state index < -0.39 is 10.0 Å². The summed E-state index contributed by atoms with van der Waals surface area (Å²) in [6.45, 7) is 0.709. The average molecular weight is 302 g/mol. The molecule has 0 unspecified atom stereocenters. The molecule has 1 rings (SSSR count). The van der Waals surface area contributed by atoms with Crippen LogP contribution in [0.25, 0.3) is 0 Å². The van der Waals surface area contributed by atoms with Gasteiger partial charge in [0.25, 0.3) is 0 Å². The number of hydrogen-bond donors (Lipinski definition) is 2. The highest BCUT2D eigenvalue weighted by Crippen LogP contribution is 2.14. The summed E-state index contributed by atoms with van der Waals surface area (Å²) in [6.07, 6.45) is 5.11. The predicted molar refractivity (Wildman–Crippen MR) is 81.8 cm³/mol. The molecule has 0 atom stereocenters. The van der Waals surface area contributed by atoms with E-state index in [1.165, 1.54) is 0 Å². The molecule has 0 heterocycles. The molecule has 1 aromatic carbocycles. The maximum absolute atomic E-state index is 12.1. The third kappa shape index (κ3) is 5.52. The molecule has 0 amide bonds. The number of rotatable bonds is 9. The molecule has 108 valence electrons. The molecule has 0 fully saturated rings. The highest BCUT2D eigenvalue weighted by Gasteiger charge is 2.16. The Morgan fingerprint density at radius 2 is 1.95 bits per heavy atom. The fourth-order valence-corrected chi connectivity index (χ4v) is 3.58. The number of sulfonamides is 1. The van der Waals surface area contributed by atoms with E-state index in [1.807, 2.05) is 11.8 Å². The first-order valence-corrected chi connectivity index (χ1v) is 9.26. The Kier molecular flexibility index (Phi) is 7.45. The van der Waals surface area contributed by atoms with E-state index in [-0.39, 0.29) is 6.54 Å². The van der Waals surface area contributed by atoms with Gasteiger partial charge >= 0.3 is 0 Å². The maximum Gasteiger partial charge on any atom is 0.240 e. The largest absolute Gasteiger partial charge is 0.326 e. The molecule has 0 saturated carbocycles.